The fourth-order valence-electron chi connectivity index (χ4n) is 3.70. The van der Waals surface area contributed by atoms with Gasteiger partial charge in [-0.2, -0.15) is 0 Å². The number of rotatable bonds is 5. The van der Waals surface area contributed by atoms with E-state index in [4.69, 9.17) is 18.9 Å². The molecule has 2 aliphatic rings. The van der Waals surface area contributed by atoms with Gasteiger partial charge in [-0.1, -0.05) is 0 Å². The number of hydrogen-bond acceptors (Lipinski definition) is 7. The molecule has 0 aliphatic carbocycles. The number of hydrogen-bond donors (Lipinski definition) is 1. The van der Waals surface area contributed by atoms with Gasteiger partial charge in [0.05, 0.1) is 39.3 Å². The smallest absolute Gasteiger partial charge is 0.256 e. The van der Waals surface area contributed by atoms with Gasteiger partial charge in [0.15, 0.2) is 17.3 Å². The van der Waals surface area contributed by atoms with E-state index in [-0.39, 0.29) is 5.91 Å². The Bertz CT molecular complexity index is 855. The molecule has 0 saturated carbocycles. The maximum Gasteiger partial charge on any atom is 0.256 e. The number of piperidine rings is 1. The molecule has 4 rings (SSSR count). The summed E-state index contributed by atoms with van der Waals surface area (Å²) in [4.78, 5) is 19.2. The van der Waals surface area contributed by atoms with Crippen molar-refractivity contribution in [3.05, 3.63) is 42.1 Å². The minimum absolute atomic E-state index is 0.262. The summed E-state index contributed by atoms with van der Waals surface area (Å²) < 4.78 is 22.0. The number of ether oxygens (including phenoxy) is 4. The van der Waals surface area contributed by atoms with Crippen LogP contribution in [0.3, 0.4) is 0 Å². The van der Waals surface area contributed by atoms with E-state index in [2.05, 4.69) is 15.2 Å². The van der Waals surface area contributed by atoms with Crippen LogP contribution in [0.15, 0.2) is 36.5 Å². The standard InChI is InChI=1S/C21H25N3O5/c1-26-17-5-3-15(13-18(17)27-2)20(25)23-19-6-4-16(14-22-19)24-9-7-21(8-10-24)28-11-12-29-21/h3-6,13-14H,7-12H2,1-2H3,(H,22,23,25). The first kappa shape index (κ1) is 19.5. The van der Waals surface area contributed by atoms with Crippen LogP contribution in [0, 0.1) is 0 Å². The second kappa shape index (κ2) is 8.26. The fourth-order valence-corrected chi connectivity index (χ4v) is 3.70. The first-order chi connectivity index (χ1) is 14.1. The number of anilines is 2. The van der Waals surface area contributed by atoms with Crippen LogP contribution in [0.2, 0.25) is 0 Å². The molecular weight excluding hydrogens is 374 g/mol. The average Bonchev–Trinajstić information content (AvgIpc) is 3.22. The lowest BCUT2D eigenvalue weighted by atomic mass is 10.0. The zero-order valence-electron chi connectivity index (χ0n) is 16.6. The fraction of sp³-hybridized carbons (Fsp3) is 0.429. The number of aromatic nitrogens is 1. The molecule has 8 nitrogen and oxygen atoms in total. The van der Waals surface area contributed by atoms with Crippen molar-refractivity contribution in [3.8, 4) is 11.5 Å². The molecule has 0 unspecified atom stereocenters. The molecule has 1 spiro atoms. The summed E-state index contributed by atoms with van der Waals surface area (Å²) in [6, 6.07) is 8.79. The second-order valence-corrected chi connectivity index (χ2v) is 7.02. The molecule has 1 N–H and O–H groups in total. The van der Waals surface area contributed by atoms with Gasteiger partial charge < -0.3 is 29.2 Å². The van der Waals surface area contributed by atoms with Crippen molar-refractivity contribution >= 4 is 17.4 Å². The van der Waals surface area contributed by atoms with Crippen molar-refractivity contribution in [1.82, 2.24) is 4.98 Å². The molecule has 2 aromatic rings. The molecule has 2 saturated heterocycles. The highest BCUT2D eigenvalue weighted by Crippen LogP contribution is 2.33. The summed E-state index contributed by atoms with van der Waals surface area (Å²) in [5, 5.41) is 2.81. The van der Waals surface area contributed by atoms with Gasteiger partial charge in [-0.05, 0) is 30.3 Å². The zero-order valence-corrected chi connectivity index (χ0v) is 16.6. The van der Waals surface area contributed by atoms with E-state index < -0.39 is 5.79 Å². The van der Waals surface area contributed by atoms with E-state index >= 15 is 0 Å². The molecule has 8 heteroatoms. The van der Waals surface area contributed by atoms with E-state index in [1.165, 1.54) is 7.11 Å². The first-order valence-corrected chi connectivity index (χ1v) is 9.65. The van der Waals surface area contributed by atoms with Gasteiger partial charge in [-0.25, -0.2) is 4.98 Å². The number of methoxy groups -OCH3 is 2. The van der Waals surface area contributed by atoms with Crippen molar-refractivity contribution in [1.29, 1.82) is 0 Å². The van der Waals surface area contributed by atoms with Crippen molar-refractivity contribution in [2.45, 2.75) is 18.6 Å². The SMILES string of the molecule is COc1ccc(C(=O)Nc2ccc(N3CCC4(CC3)OCCO4)cn2)cc1OC. The van der Waals surface area contributed by atoms with Gasteiger partial charge in [-0.15, -0.1) is 0 Å². The number of amides is 1. The number of pyridine rings is 1. The quantitative estimate of drug-likeness (QED) is 0.828. The lowest BCUT2D eigenvalue weighted by molar-refractivity contribution is -0.169. The van der Waals surface area contributed by atoms with E-state index in [1.54, 1.807) is 37.6 Å². The Kier molecular flexibility index (Phi) is 5.55. The second-order valence-electron chi connectivity index (χ2n) is 7.02. The molecule has 0 radical (unpaired) electrons. The minimum atomic E-state index is -0.392. The lowest BCUT2D eigenvalue weighted by Gasteiger charge is -2.38. The van der Waals surface area contributed by atoms with Crippen molar-refractivity contribution in [2.75, 3.05) is 50.7 Å². The Labute approximate surface area is 169 Å². The Morgan fingerprint density at radius 3 is 2.41 bits per heavy atom. The van der Waals surface area contributed by atoms with Gasteiger partial charge >= 0.3 is 0 Å². The lowest BCUT2D eigenvalue weighted by Crippen LogP contribution is -2.45. The van der Waals surface area contributed by atoms with Crippen LogP contribution < -0.4 is 19.7 Å². The molecule has 1 aromatic heterocycles. The Balaban J connectivity index is 1.38. The summed E-state index contributed by atoms with van der Waals surface area (Å²) in [6.07, 6.45) is 3.45. The first-order valence-electron chi connectivity index (χ1n) is 9.65. The van der Waals surface area contributed by atoms with Crippen LogP contribution in [-0.2, 0) is 9.47 Å². The van der Waals surface area contributed by atoms with Gasteiger partial charge in [0.2, 0.25) is 0 Å². The topological polar surface area (TPSA) is 82.2 Å². The maximum absolute atomic E-state index is 12.5. The number of nitrogens with zero attached hydrogens (tertiary/aromatic N) is 2. The molecule has 0 atom stereocenters. The Morgan fingerprint density at radius 1 is 1.07 bits per heavy atom. The van der Waals surface area contributed by atoms with Crippen molar-refractivity contribution < 1.29 is 23.7 Å². The molecule has 3 heterocycles. The third kappa shape index (κ3) is 4.13. The molecule has 2 aliphatic heterocycles. The van der Waals surface area contributed by atoms with E-state index in [9.17, 15) is 4.79 Å². The largest absolute Gasteiger partial charge is 0.493 e. The molecular formula is C21H25N3O5. The third-order valence-corrected chi connectivity index (χ3v) is 5.34. The summed E-state index contributed by atoms with van der Waals surface area (Å²) in [5.74, 6) is 0.910. The number of carbonyl (C=O) groups excluding carboxylic acids is 1. The summed E-state index contributed by atoms with van der Waals surface area (Å²) >= 11 is 0. The molecule has 2 fully saturated rings. The highest BCUT2D eigenvalue weighted by molar-refractivity contribution is 6.04. The van der Waals surface area contributed by atoms with Crippen LogP contribution in [0.1, 0.15) is 23.2 Å². The normalized spacial score (nSPS) is 17.9. The molecule has 1 aromatic carbocycles. The summed E-state index contributed by atoms with van der Waals surface area (Å²) in [7, 11) is 3.09. The van der Waals surface area contributed by atoms with Gasteiger partial charge in [-0.3, -0.25) is 4.79 Å². The predicted octanol–water partition coefficient (Wildman–Crippen LogP) is 2.69. The van der Waals surface area contributed by atoms with Crippen LogP contribution in [0.5, 0.6) is 11.5 Å². The van der Waals surface area contributed by atoms with Gasteiger partial charge in [0.1, 0.15) is 5.82 Å². The summed E-state index contributed by atoms with van der Waals surface area (Å²) in [6.45, 7) is 3.05. The average molecular weight is 399 g/mol. The van der Waals surface area contributed by atoms with Gasteiger partial charge in [0.25, 0.3) is 5.91 Å². The van der Waals surface area contributed by atoms with Crippen molar-refractivity contribution in [3.63, 3.8) is 0 Å². The van der Waals surface area contributed by atoms with Gasteiger partial charge in [0, 0.05) is 31.5 Å². The highest BCUT2D eigenvalue weighted by atomic mass is 16.7. The van der Waals surface area contributed by atoms with Crippen LogP contribution >= 0.6 is 0 Å². The molecule has 154 valence electrons. The zero-order chi connectivity index (χ0) is 20.3. The third-order valence-electron chi connectivity index (χ3n) is 5.34. The highest BCUT2D eigenvalue weighted by Gasteiger charge is 2.39. The minimum Gasteiger partial charge on any atom is -0.493 e. The van der Waals surface area contributed by atoms with Crippen LogP contribution in [0.4, 0.5) is 11.5 Å². The molecule has 29 heavy (non-hydrogen) atoms. The van der Waals surface area contributed by atoms with Crippen LogP contribution in [0.25, 0.3) is 0 Å². The number of nitrogens with one attached hydrogen (secondary N) is 1. The molecule has 1 amide bonds. The maximum atomic E-state index is 12.5. The number of carbonyl (C=O) groups is 1. The monoisotopic (exact) mass is 399 g/mol. The predicted molar refractivity (Wildman–Crippen MR) is 108 cm³/mol. The molecule has 0 bridgehead atoms. The summed E-state index contributed by atoms with van der Waals surface area (Å²) in [5.41, 5.74) is 1.48. The van der Waals surface area contributed by atoms with E-state index in [0.717, 1.165) is 31.6 Å². The van der Waals surface area contributed by atoms with E-state index in [1.807, 2.05) is 6.07 Å². The van der Waals surface area contributed by atoms with Crippen LogP contribution in [-0.4, -0.2) is 57.2 Å². The van der Waals surface area contributed by atoms with Crippen molar-refractivity contribution in [2.24, 2.45) is 0 Å². The Morgan fingerprint density at radius 2 is 1.79 bits per heavy atom. The van der Waals surface area contributed by atoms with E-state index in [0.29, 0.717) is 36.1 Å². The number of benzene rings is 1. The Hall–Kier alpha value is -2.84.